The fourth-order valence-corrected chi connectivity index (χ4v) is 2.41. The first-order valence-electron chi connectivity index (χ1n) is 6.62. The van der Waals surface area contributed by atoms with E-state index in [1.807, 2.05) is 18.3 Å². The predicted octanol–water partition coefficient (Wildman–Crippen LogP) is 0.302. The molecule has 1 aromatic rings. The summed E-state index contributed by atoms with van der Waals surface area (Å²) in [6, 6.07) is 3.91. The topological polar surface area (TPSA) is 74.2 Å². The van der Waals surface area contributed by atoms with E-state index in [1.165, 1.54) is 0 Å². The molecule has 2 rings (SSSR count). The number of hydrogen-bond acceptors (Lipinski definition) is 3. The van der Waals surface area contributed by atoms with E-state index < -0.39 is 0 Å². The Morgan fingerprint density at radius 1 is 1.50 bits per heavy atom. The molecular weight excluding hydrogens is 228 g/mol. The van der Waals surface area contributed by atoms with Crippen molar-refractivity contribution in [2.75, 3.05) is 26.2 Å². The summed E-state index contributed by atoms with van der Waals surface area (Å²) in [5.41, 5.74) is 6.58. The van der Waals surface area contributed by atoms with Gasteiger partial charge in [-0.3, -0.25) is 4.79 Å². The molecule has 0 spiro atoms. The van der Waals surface area contributed by atoms with Crippen LogP contribution in [0.15, 0.2) is 18.3 Å². The SMILES string of the molecule is NCCN1CCC(C(=O)NCc2ccc[nH]2)CC1. The quantitative estimate of drug-likeness (QED) is 0.704. The zero-order valence-electron chi connectivity index (χ0n) is 10.7. The Morgan fingerprint density at radius 2 is 2.28 bits per heavy atom. The molecule has 18 heavy (non-hydrogen) atoms. The zero-order valence-corrected chi connectivity index (χ0v) is 10.7. The second-order valence-corrected chi connectivity index (χ2v) is 4.82. The van der Waals surface area contributed by atoms with Crippen molar-refractivity contribution >= 4 is 5.91 Å². The van der Waals surface area contributed by atoms with E-state index in [4.69, 9.17) is 5.73 Å². The molecule has 1 amide bonds. The van der Waals surface area contributed by atoms with E-state index in [-0.39, 0.29) is 11.8 Å². The highest BCUT2D eigenvalue weighted by Gasteiger charge is 2.24. The largest absolute Gasteiger partial charge is 0.364 e. The minimum absolute atomic E-state index is 0.161. The van der Waals surface area contributed by atoms with E-state index in [0.717, 1.165) is 38.2 Å². The van der Waals surface area contributed by atoms with Crippen LogP contribution < -0.4 is 11.1 Å². The molecule has 0 radical (unpaired) electrons. The second-order valence-electron chi connectivity index (χ2n) is 4.82. The molecule has 0 saturated carbocycles. The van der Waals surface area contributed by atoms with Crippen molar-refractivity contribution in [3.8, 4) is 0 Å². The molecule has 0 aliphatic carbocycles. The normalized spacial score (nSPS) is 17.8. The number of aromatic amines is 1. The van der Waals surface area contributed by atoms with Gasteiger partial charge in [-0.15, -0.1) is 0 Å². The number of piperidine rings is 1. The van der Waals surface area contributed by atoms with Gasteiger partial charge in [0.2, 0.25) is 5.91 Å². The molecule has 0 bridgehead atoms. The number of nitrogens with two attached hydrogens (primary N) is 1. The first kappa shape index (κ1) is 13.1. The van der Waals surface area contributed by atoms with Crippen molar-refractivity contribution in [2.45, 2.75) is 19.4 Å². The van der Waals surface area contributed by atoms with Crippen molar-refractivity contribution < 1.29 is 4.79 Å². The Hall–Kier alpha value is -1.33. The van der Waals surface area contributed by atoms with Crippen LogP contribution in [0.4, 0.5) is 0 Å². The number of carbonyl (C=O) groups is 1. The molecule has 1 aromatic heterocycles. The summed E-state index contributed by atoms with van der Waals surface area (Å²) in [5, 5.41) is 2.99. The third-order valence-corrected chi connectivity index (χ3v) is 3.52. The second kappa shape index (κ2) is 6.56. The molecule has 4 N–H and O–H groups in total. The molecule has 2 heterocycles. The van der Waals surface area contributed by atoms with Crippen LogP contribution in [-0.4, -0.2) is 42.0 Å². The lowest BCUT2D eigenvalue weighted by Crippen LogP contribution is -2.41. The third kappa shape index (κ3) is 3.58. The van der Waals surface area contributed by atoms with Gasteiger partial charge in [-0.2, -0.15) is 0 Å². The van der Waals surface area contributed by atoms with E-state index in [9.17, 15) is 4.79 Å². The molecule has 5 heteroatoms. The number of nitrogens with zero attached hydrogens (tertiary/aromatic N) is 1. The van der Waals surface area contributed by atoms with E-state index >= 15 is 0 Å². The highest BCUT2D eigenvalue weighted by molar-refractivity contribution is 5.78. The van der Waals surface area contributed by atoms with Gasteiger partial charge in [-0.1, -0.05) is 0 Å². The summed E-state index contributed by atoms with van der Waals surface area (Å²) in [6.07, 6.45) is 3.75. The van der Waals surface area contributed by atoms with Gasteiger partial charge in [-0.05, 0) is 38.1 Å². The standard InChI is InChI=1S/C13H22N4O/c14-5-9-17-7-3-11(4-8-17)13(18)16-10-12-2-1-6-15-12/h1-2,6,11,15H,3-5,7-10,14H2,(H,16,18). The smallest absolute Gasteiger partial charge is 0.223 e. The van der Waals surface area contributed by atoms with Gasteiger partial charge >= 0.3 is 0 Å². The number of aromatic nitrogens is 1. The molecule has 0 atom stereocenters. The first-order valence-corrected chi connectivity index (χ1v) is 6.62. The molecule has 0 aromatic carbocycles. The number of likely N-dealkylation sites (tertiary alicyclic amines) is 1. The van der Waals surface area contributed by atoms with Crippen LogP contribution in [0.1, 0.15) is 18.5 Å². The number of carbonyl (C=O) groups excluding carboxylic acids is 1. The lowest BCUT2D eigenvalue weighted by atomic mass is 9.96. The van der Waals surface area contributed by atoms with E-state index in [2.05, 4.69) is 15.2 Å². The maximum atomic E-state index is 12.0. The summed E-state index contributed by atoms with van der Waals surface area (Å²) in [6.45, 7) is 4.20. The van der Waals surface area contributed by atoms with Crippen LogP contribution in [0, 0.1) is 5.92 Å². The highest BCUT2D eigenvalue weighted by Crippen LogP contribution is 2.16. The zero-order chi connectivity index (χ0) is 12.8. The van der Waals surface area contributed by atoms with Crippen LogP contribution in [0.3, 0.4) is 0 Å². The van der Waals surface area contributed by atoms with Crippen molar-refractivity contribution in [2.24, 2.45) is 11.7 Å². The average Bonchev–Trinajstić information content (AvgIpc) is 2.90. The Kier molecular flexibility index (Phi) is 4.78. The van der Waals surface area contributed by atoms with Crippen LogP contribution >= 0.6 is 0 Å². The van der Waals surface area contributed by atoms with Crippen LogP contribution in [0.5, 0.6) is 0 Å². The summed E-state index contributed by atoms with van der Waals surface area (Å²) in [5.74, 6) is 0.339. The van der Waals surface area contributed by atoms with Gasteiger partial charge in [-0.25, -0.2) is 0 Å². The Bertz CT molecular complexity index is 355. The van der Waals surface area contributed by atoms with E-state index in [1.54, 1.807) is 0 Å². The number of hydrogen-bond donors (Lipinski definition) is 3. The van der Waals surface area contributed by atoms with Gasteiger partial charge in [0.25, 0.3) is 0 Å². The average molecular weight is 250 g/mol. The number of H-pyrrole nitrogens is 1. The molecule has 0 unspecified atom stereocenters. The number of nitrogens with one attached hydrogen (secondary N) is 2. The molecule has 5 nitrogen and oxygen atoms in total. The Balaban J connectivity index is 1.70. The number of rotatable bonds is 5. The Labute approximate surface area is 108 Å². The van der Waals surface area contributed by atoms with E-state index in [0.29, 0.717) is 13.1 Å². The van der Waals surface area contributed by atoms with Gasteiger partial charge in [0.1, 0.15) is 0 Å². The first-order chi connectivity index (χ1) is 8.79. The summed E-state index contributed by atoms with van der Waals surface area (Å²) >= 11 is 0. The van der Waals surface area contributed by atoms with Crippen molar-refractivity contribution in [1.82, 2.24) is 15.2 Å². The molecule has 1 aliphatic rings. The monoisotopic (exact) mass is 250 g/mol. The fourth-order valence-electron chi connectivity index (χ4n) is 2.41. The number of amides is 1. The van der Waals surface area contributed by atoms with Gasteiger partial charge < -0.3 is 20.9 Å². The van der Waals surface area contributed by atoms with Crippen molar-refractivity contribution in [3.05, 3.63) is 24.0 Å². The van der Waals surface area contributed by atoms with Gasteiger partial charge in [0.15, 0.2) is 0 Å². The fraction of sp³-hybridized carbons (Fsp3) is 0.615. The minimum atomic E-state index is 0.161. The molecule has 1 saturated heterocycles. The summed E-state index contributed by atoms with van der Waals surface area (Å²) in [4.78, 5) is 17.4. The summed E-state index contributed by atoms with van der Waals surface area (Å²) < 4.78 is 0. The molecule has 100 valence electrons. The maximum Gasteiger partial charge on any atom is 0.223 e. The molecule has 1 fully saturated rings. The summed E-state index contributed by atoms with van der Waals surface area (Å²) in [7, 11) is 0. The lowest BCUT2D eigenvalue weighted by Gasteiger charge is -2.30. The molecule has 1 aliphatic heterocycles. The van der Waals surface area contributed by atoms with Crippen molar-refractivity contribution in [1.29, 1.82) is 0 Å². The highest BCUT2D eigenvalue weighted by atomic mass is 16.1. The minimum Gasteiger partial charge on any atom is -0.364 e. The van der Waals surface area contributed by atoms with Gasteiger partial charge in [0.05, 0.1) is 6.54 Å². The molecular formula is C13H22N4O. The maximum absolute atomic E-state index is 12.0. The van der Waals surface area contributed by atoms with Gasteiger partial charge in [0, 0.05) is 30.9 Å². The lowest BCUT2D eigenvalue weighted by molar-refractivity contribution is -0.126. The van der Waals surface area contributed by atoms with Crippen LogP contribution in [0.25, 0.3) is 0 Å². The third-order valence-electron chi connectivity index (χ3n) is 3.52. The predicted molar refractivity (Wildman–Crippen MR) is 70.9 cm³/mol. The van der Waals surface area contributed by atoms with Crippen LogP contribution in [0.2, 0.25) is 0 Å². The van der Waals surface area contributed by atoms with Crippen molar-refractivity contribution in [3.63, 3.8) is 0 Å². The van der Waals surface area contributed by atoms with Crippen LogP contribution in [-0.2, 0) is 11.3 Å². The Morgan fingerprint density at radius 3 is 2.89 bits per heavy atom.